The third-order valence-corrected chi connectivity index (χ3v) is 3.51. The number of amides is 1. The van der Waals surface area contributed by atoms with Crippen LogP contribution in [0.4, 0.5) is 0 Å². The van der Waals surface area contributed by atoms with Crippen molar-refractivity contribution in [1.29, 1.82) is 0 Å². The van der Waals surface area contributed by atoms with E-state index in [4.69, 9.17) is 5.11 Å². The fraction of sp³-hybridized carbons (Fsp3) is 0.375. The average Bonchev–Trinajstić information content (AvgIpc) is 2.94. The summed E-state index contributed by atoms with van der Waals surface area (Å²) in [4.78, 5) is 23.9. The second-order valence-corrected chi connectivity index (χ2v) is 4.99. The van der Waals surface area contributed by atoms with E-state index in [9.17, 15) is 9.59 Å². The first-order valence-electron chi connectivity index (χ1n) is 7.15. The Hall–Kier alpha value is -2.14. The van der Waals surface area contributed by atoms with Crippen molar-refractivity contribution in [3.05, 3.63) is 36.5 Å². The van der Waals surface area contributed by atoms with Crippen LogP contribution in [0.3, 0.4) is 0 Å². The average molecular weight is 288 g/mol. The zero-order chi connectivity index (χ0) is 15.2. The summed E-state index contributed by atoms with van der Waals surface area (Å²) in [5.74, 6) is -0.316. The Morgan fingerprint density at radius 1 is 1.24 bits per heavy atom. The van der Waals surface area contributed by atoms with E-state index in [1.54, 1.807) is 10.8 Å². The highest BCUT2D eigenvalue weighted by atomic mass is 16.3. The zero-order valence-corrected chi connectivity index (χ0v) is 12.1. The molecule has 0 fully saturated rings. The molecule has 1 heterocycles. The number of para-hydroxylation sites is 1. The van der Waals surface area contributed by atoms with Crippen molar-refractivity contribution in [3.63, 3.8) is 0 Å². The van der Waals surface area contributed by atoms with Gasteiger partial charge in [0.15, 0.2) is 0 Å². The lowest BCUT2D eigenvalue weighted by atomic mass is 10.2. The first-order valence-corrected chi connectivity index (χ1v) is 7.15. The molecule has 2 N–H and O–H groups in total. The monoisotopic (exact) mass is 288 g/mol. The van der Waals surface area contributed by atoms with Gasteiger partial charge in [0.05, 0.1) is 18.2 Å². The van der Waals surface area contributed by atoms with Crippen LogP contribution >= 0.6 is 0 Å². The van der Waals surface area contributed by atoms with Crippen LogP contribution in [0.2, 0.25) is 0 Å². The largest absolute Gasteiger partial charge is 0.394 e. The minimum absolute atomic E-state index is 0.0849. The summed E-state index contributed by atoms with van der Waals surface area (Å²) in [6, 6.07) is 9.27. The summed E-state index contributed by atoms with van der Waals surface area (Å²) in [5, 5.41) is 12.7. The lowest BCUT2D eigenvalue weighted by Crippen LogP contribution is -2.37. The van der Waals surface area contributed by atoms with Crippen molar-refractivity contribution in [2.45, 2.75) is 32.2 Å². The molecule has 21 heavy (non-hydrogen) atoms. The predicted molar refractivity (Wildman–Crippen MR) is 81.1 cm³/mol. The number of nitrogens with one attached hydrogen (secondary N) is 1. The van der Waals surface area contributed by atoms with Crippen LogP contribution in [0.25, 0.3) is 10.9 Å². The van der Waals surface area contributed by atoms with E-state index in [0.717, 1.165) is 10.9 Å². The number of carbonyl (C=O) groups is 2. The molecule has 0 bridgehead atoms. The van der Waals surface area contributed by atoms with Crippen molar-refractivity contribution >= 4 is 22.7 Å². The Bertz CT molecular complexity index is 629. The highest BCUT2D eigenvalue weighted by Gasteiger charge is 2.13. The summed E-state index contributed by atoms with van der Waals surface area (Å²) < 4.78 is 1.58. The maximum atomic E-state index is 12.2. The highest BCUT2D eigenvalue weighted by Crippen LogP contribution is 2.15. The van der Waals surface area contributed by atoms with E-state index in [2.05, 4.69) is 5.32 Å². The van der Waals surface area contributed by atoms with Crippen LogP contribution in [0.5, 0.6) is 0 Å². The van der Waals surface area contributed by atoms with Crippen LogP contribution in [0.15, 0.2) is 36.5 Å². The van der Waals surface area contributed by atoms with Crippen LogP contribution in [-0.2, 0) is 4.79 Å². The molecule has 0 aliphatic rings. The quantitative estimate of drug-likeness (QED) is 0.853. The Kier molecular flexibility index (Phi) is 5.11. The van der Waals surface area contributed by atoms with Crippen molar-refractivity contribution in [2.75, 3.05) is 6.61 Å². The van der Waals surface area contributed by atoms with Gasteiger partial charge < -0.3 is 10.4 Å². The summed E-state index contributed by atoms with van der Waals surface area (Å²) in [6.07, 6.45) is 2.67. The standard InChI is InChI=1S/C16H20N2O3/c1-2-13(11-19)17-15(20)7-8-16(21)18-10-9-12-5-3-4-6-14(12)18/h3-6,9-10,13,19H,2,7-8,11H2,1H3,(H,17,20). The Morgan fingerprint density at radius 3 is 2.71 bits per heavy atom. The first kappa shape index (κ1) is 15.3. The van der Waals surface area contributed by atoms with E-state index >= 15 is 0 Å². The molecule has 2 rings (SSSR count). The van der Waals surface area contributed by atoms with Gasteiger partial charge >= 0.3 is 0 Å². The molecule has 1 aromatic heterocycles. The number of carbonyl (C=O) groups excluding carboxylic acids is 2. The van der Waals surface area contributed by atoms with Gasteiger partial charge in [0.1, 0.15) is 0 Å². The van der Waals surface area contributed by atoms with Gasteiger partial charge in [-0.05, 0) is 18.6 Å². The minimum Gasteiger partial charge on any atom is -0.394 e. The molecule has 5 heteroatoms. The summed E-state index contributed by atoms with van der Waals surface area (Å²) in [7, 11) is 0. The van der Waals surface area contributed by atoms with Gasteiger partial charge in [0.2, 0.25) is 11.8 Å². The predicted octanol–water partition coefficient (Wildman–Crippen LogP) is 1.95. The molecule has 0 spiro atoms. The maximum absolute atomic E-state index is 12.2. The fourth-order valence-corrected chi connectivity index (χ4v) is 2.22. The molecule has 5 nitrogen and oxygen atoms in total. The van der Waals surface area contributed by atoms with Gasteiger partial charge in [0, 0.05) is 24.4 Å². The molecule has 1 aromatic carbocycles. The zero-order valence-electron chi connectivity index (χ0n) is 12.1. The van der Waals surface area contributed by atoms with Gasteiger partial charge in [-0.1, -0.05) is 25.1 Å². The smallest absolute Gasteiger partial charge is 0.231 e. The molecule has 2 aromatic rings. The molecule has 0 aliphatic carbocycles. The van der Waals surface area contributed by atoms with Gasteiger partial charge in [-0.2, -0.15) is 0 Å². The number of hydrogen-bond acceptors (Lipinski definition) is 3. The Labute approximate surface area is 123 Å². The third-order valence-electron chi connectivity index (χ3n) is 3.51. The third kappa shape index (κ3) is 3.70. The Balaban J connectivity index is 1.94. The van der Waals surface area contributed by atoms with Crippen LogP contribution in [0.1, 0.15) is 31.0 Å². The minimum atomic E-state index is -0.236. The number of fused-ring (bicyclic) bond motifs is 1. The van der Waals surface area contributed by atoms with E-state index in [0.29, 0.717) is 6.42 Å². The number of aliphatic hydroxyl groups excluding tert-OH is 1. The first-order chi connectivity index (χ1) is 10.2. The molecular formula is C16H20N2O3. The van der Waals surface area contributed by atoms with Gasteiger partial charge in [-0.15, -0.1) is 0 Å². The van der Waals surface area contributed by atoms with Crippen LogP contribution in [-0.4, -0.2) is 34.1 Å². The molecule has 0 saturated heterocycles. The normalized spacial score (nSPS) is 12.3. The number of hydrogen-bond donors (Lipinski definition) is 2. The van der Waals surface area contributed by atoms with Gasteiger partial charge in [-0.25, -0.2) is 0 Å². The Morgan fingerprint density at radius 2 is 2.00 bits per heavy atom. The molecule has 0 aliphatic heterocycles. The molecule has 112 valence electrons. The number of nitrogens with zero attached hydrogens (tertiary/aromatic N) is 1. The van der Waals surface area contributed by atoms with Gasteiger partial charge in [0.25, 0.3) is 0 Å². The summed E-state index contributed by atoms with van der Waals surface area (Å²) in [6.45, 7) is 1.80. The van der Waals surface area contributed by atoms with Crippen molar-refractivity contribution in [1.82, 2.24) is 9.88 Å². The molecule has 0 radical (unpaired) electrons. The van der Waals surface area contributed by atoms with Crippen molar-refractivity contribution < 1.29 is 14.7 Å². The molecule has 1 unspecified atom stereocenters. The lowest BCUT2D eigenvalue weighted by molar-refractivity contribution is -0.122. The SMILES string of the molecule is CCC(CO)NC(=O)CCC(=O)n1ccc2ccccc21. The van der Waals surface area contributed by atoms with Crippen molar-refractivity contribution in [2.24, 2.45) is 0 Å². The second-order valence-electron chi connectivity index (χ2n) is 4.99. The molecule has 0 saturated carbocycles. The summed E-state index contributed by atoms with van der Waals surface area (Å²) >= 11 is 0. The topological polar surface area (TPSA) is 71.3 Å². The number of benzene rings is 1. The van der Waals surface area contributed by atoms with Crippen LogP contribution in [0, 0.1) is 0 Å². The molecule has 1 amide bonds. The number of aromatic nitrogens is 1. The second kappa shape index (κ2) is 7.04. The molecular weight excluding hydrogens is 268 g/mol. The fourth-order valence-electron chi connectivity index (χ4n) is 2.22. The highest BCUT2D eigenvalue weighted by molar-refractivity contribution is 5.93. The van der Waals surface area contributed by atoms with E-state index < -0.39 is 0 Å². The molecule has 1 atom stereocenters. The van der Waals surface area contributed by atoms with E-state index in [-0.39, 0.29) is 37.3 Å². The van der Waals surface area contributed by atoms with E-state index in [1.165, 1.54) is 0 Å². The van der Waals surface area contributed by atoms with E-state index in [1.807, 2.05) is 37.3 Å². The van der Waals surface area contributed by atoms with Crippen molar-refractivity contribution in [3.8, 4) is 0 Å². The summed E-state index contributed by atoms with van der Waals surface area (Å²) in [5.41, 5.74) is 0.852. The maximum Gasteiger partial charge on any atom is 0.231 e. The number of rotatable bonds is 6. The lowest BCUT2D eigenvalue weighted by Gasteiger charge is -2.13. The van der Waals surface area contributed by atoms with Gasteiger partial charge in [-0.3, -0.25) is 14.2 Å². The van der Waals surface area contributed by atoms with Crippen LogP contribution < -0.4 is 5.32 Å². The number of aliphatic hydroxyl groups is 1.